The predicted octanol–water partition coefficient (Wildman–Crippen LogP) is 3.19. The van der Waals surface area contributed by atoms with E-state index >= 15 is 0 Å². The van der Waals surface area contributed by atoms with Crippen LogP contribution in [0.5, 0.6) is 0 Å². The number of H-pyrrole nitrogens is 1. The lowest BCUT2D eigenvalue weighted by molar-refractivity contribution is -0.143. The van der Waals surface area contributed by atoms with Crippen molar-refractivity contribution in [3.05, 3.63) is 83.7 Å². The second-order valence-electron chi connectivity index (χ2n) is 8.06. The molecule has 1 unspecified atom stereocenters. The van der Waals surface area contributed by atoms with Crippen molar-refractivity contribution in [3.8, 4) is 11.1 Å². The van der Waals surface area contributed by atoms with E-state index in [1.165, 1.54) is 6.07 Å². The predicted molar refractivity (Wildman–Crippen MR) is 124 cm³/mol. The first-order valence-electron chi connectivity index (χ1n) is 10.7. The summed E-state index contributed by atoms with van der Waals surface area (Å²) in [5, 5.41) is 31.4. The van der Waals surface area contributed by atoms with Crippen molar-refractivity contribution in [2.75, 3.05) is 6.61 Å². The van der Waals surface area contributed by atoms with Crippen LogP contribution in [0.1, 0.15) is 22.3 Å². The van der Waals surface area contributed by atoms with Gasteiger partial charge in [0.25, 0.3) is 5.91 Å². The van der Waals surface area contributed by atoms with Gasteiger partial charge in [-0.1, -0.05) is 59.8 Å². The average molecular weight is 462 g/mol. The zero-order valence-corrected chi connectivity index (χ0v) is 18.1. The number of hydrogen-bond acceptors (Lipinski definition) is 5. The van der Waals surface area contributed by atoms with Gasteiger partial charge >= 0.3 is 5.97 Å². The number of amides is 1. The lowest BCUT2D eigenvalue weighted by Crippen LogP contribution is -2.39. The van der Waals surface area contributed by atoms with Crippen molar-refractivity contribution in [2.45, 2.75) is 18.9 Å². The number of aliphatic carboxylic acids is 1. The number of carbonyl (C=O) groups excluding carboxylic acids is 1. The van der Waals surface area contributed by atoms with Crippen LogP contribution in [0.3, 0.4) is 0 Å². The summed E-state index contributed by atoms with van der Waals surface area (Å²) in [6, 6.07) is 19.5. The SMILES string of the molecule is O=C(NC(Cc1ccc(-c2ccccc2)cc1)C[C@@H](CO)C(=O)O)c1cc(F)c2nn[nH]c2c1. The van der Waals surface area contributed by atoms with E-state index < -0.39 is 36.3 Å². The summed E-state index contributed by atoms with van der Waals surface area (Å²) in [6.45, 7) is -0.560. The van der Waals surface area contributed by atoms with Gasteiger partial charge in [-0.25, -0.2) is 4.39 Å². The summed E-state index contributed by atoms with van der Waals surface area (Å²) in [4.78, 5) is 24.4. The molecule has 2 atom stereocenters. The van der Waals surface area contributed by atoms with Gasteiger partial charge in [0, 0.05) is 11.6 Å². The molecule has 0 aliphatic carbocycles. The normalized spacial score (nSPS) is 12.9. The van der Waals surface area contributed by atoms with Crippen LogP contribution in [0.15, 0.2) is 66.7 Å². The first-order chi connectivity index (χ1) is 16.4. The van der Waals surface area contributed by atoms with Gasteiger partial charge in [0.05, 0.1) is 18.0 Å². The van der Waals surface area contributed by atoms with Crippen molar-refractivity contribution >= 4 is 22.9 Å². The van der Waals surface area contributed by atoms with Gasteiger partial charge in [0.15, 0.2) is 5.82 Å². The molecule has 4 aromatic rings. The highest BCUT2D eigenvalue weighted by Gasteiger charge is 2.24. The molecule has 1 amide bonds. The molecular formula is C25H23FN4O4. The molecule has 0 aliphatic rings. The number of aliphatic hydroxyl groups excluding tert-OH is 1. The van der Waals surface area contributed by atoms with Crippen molar-refractivity contribution in [3.63, 3.8) is 0 Å². The minimum absolute atomic E-state index is 0.00828. The van der Waals surface area contributed by atoms with Crippen LogP contribution in [0, 0.1) is 11.7 Å². The number of rotatable bonds is 9. The third-order valence-corrected chi connectivity index (χ3v) is 5.66. The number of halogens is 1. The van der Waals surface area contributed by atoms with Gasteiger partial charge in [-0.15, -0.1) is 5.10 Å². The Morgan fingerprint density at radius 3 is 2.41 bits per heavy atom. The Labute approximate surface area is 194 Å². The van der Waals surface area contributed by atoms with E-state index in [0.717, 1.165) is 22.8 Å². The molecule has 3 aromatic carbocycles. The number of aliphatic hydroxyl groups is 1. The molecule has 4 rings (SSSR count). The summed E-state index contributed by atoms with van der Waals surface area (Å²) in [5.74, 6) is -3.46. The number of nitrogens with one attached hydrogen (secondary N) is 2. The number of aromatic nitrogens is 3. The maximum atomic E-state index is 14.3. The van der Waals surface area contributed by atoms with Crippen LogP contribution in [-0.4, -0.2) is 50.1 Å². The number of aromatic amines is 1. The van der Waals surface area contributed by atoms with Crippen LogP contribution in [0.2, 0.25) is 0 Å². The van der Waals surface area contributed by atoms with E-state index in [2.05, 4.69) is 20.7 Å². The second-order valence-corrected chi connectivity index (χ2v) is 8.06. The minimum atomic E-state index is -1.16. The summed E-state index contributed by atoms with van der Waals surface area (Å²) in [6.07, 6.45) is 0.343. The van der Waals surface area contributed by atoms with E-state index in [0.29, 0.717) is 6.42 Å². The molecule has 0 bridgehead atoms. The van der Waals surface area contributed by atoms with Gasteiger partial charge in [0.1, 0.15) is 5.52 Å². The first-order valence-corrected chi connectivity index (χ1v) is 10.7. The largest absolute Gasteiger partial charge is 0.481 e. The monoisotopic (exact) mass is 462 g/mol. The molecule has 1 heterocycles. The van der Waals surface area contributed by atoms with Crippen molar-refractivity contribution < 1.29 is 24.2 Å². The Bertz CT molecular complexity index is 1290. The number of nitrogens with zero attached hydrogens (tertiary/aromatic N) is 2. The van der Waals surface area contributed by atoms with E-state index in [1.807, 2.05) is 54.6 Å². The number of carbonyl (C=O) groups is 2. The Hall–Kier alpha value is -4.11. The maximum Gasteiger partial charge on any atom is 0.308 e. The summed E-state index contributed by atoms with van der Waals surface area (Å²) in [7, 11) is 0. The molecule has 8 nitrogen and oxygen atoms in total. The molecular weight excluding hydrogens is 439 g/mol. The van der Waals surface area contributed by atoms with Gasteiger partial charge in [-0.2, -0.15) is 0 Å². The van der Waals surface area contributed by atoms with Crippen molar-refractivity contribution in [1.82, 2.24) is 20.7 Å². The fraction of sp³-hybridized carbons (Fsp3) is 0.200. The molecule has 1 aromatic heterocycles. The quantitative estimate of drug-likeness (QED) is 0.302. The fourth-order valence-corrected chi connectivity index (χ4v) is 3.85. The summed E-state index contributed by atoms with van der Waals surface area (Å²) in [5.41, 5.74) is 3.33. The molecule has 4 N–H and O–H groups in total. The lowest BCUT2D eigenvalue weighted by Gasteiger charge is -2.22. The highest BCUT2D eigenvalue weighted by atomic mass is 19.1. The lowest BCUT2D eigenvalue weighted by atomic mass is 9.94. The van der Waals surface area contributed by atoms with E-state index in [-0.39, 0.29) is 23.0 Å². The number of carboxylic acids is 1. The number of benzene rings is 3. The van der Waals surface area contributed by atoms with Gasteiger partial charge in [0.2, 0.25) is 0 Å². The van der Waals surface area contributed by atoms with E-state index in [1.54, 1.807) is 0 Å². The Morgan fingerprint density at radius 1 is 1.03 bits per heavy atom. The molecule has 34 heavy (non-hydrogen) atoms. The van der Waals surface area contributed by atoms with Crippen molar-refractivity contribution in [2.24, 2.45) is 5.92 Å². The Morgan fingerprint density at radius 2 is 1.74 bits per heavy atom. The zero-order valence-electron chi connectivity index (χ0n) is 18.1. The molecule has 9 heteroatoms. The van der Waals surface area contributed by atoms with Gasteiger partial charge < -0.3 is 15.5 Å². The van der Waals surface area contributed by atoms with Crippen LogP contribution in [0.25, 0.3) is 22.2 Å². The van der Waals surface area contributed by atoms with Gasteiger partial charge in [-0.05, 0) is 41.7 Å². The maximum absolute atomic E-state index is 14.3. The summed E-state index contributed by atoms with van der Waals surface area (Å²) < 4.78 is 14.3. The van der Waals surface area contributed by atoms with E-state index in [4.69, 9.17) is 0 Å². The molecule has 0 saturated heterocycles. The molecule has 0 spiro atoms. The standard InChI is InChI=1S/C25H23FN4O4/c26-21-12-18(13-22-23(21)29-30-28-22)24(32)27-20(11-19(14-31)25(33)34)10-15-6-8-17(9-7-15)16-4-2-1-3-5-16/h1-9,12-13,19-20,31H,10-11,14H2,(H,27,32)(H,33,34)(H,28,29,30)/t19-,20?/m0/s1. The van der Waals surface area contributed by atoms with Gasteiger partial charge in [-0.3, -0.25) is 14.7 Å². The third-order valence-electron chi connectivity index (χ3n) is 5.66. The van der Waals surface area contributed by atoms with Crippen molar-refractivity contribution in [1.29, 1.82) is 0 Å². The average Bonchev–Trinajstić information content (AvgIpc) is 3.32. The molecule has 0 radical (unpaired) electrons. The Kier molecular flexibility index (Phi) is 6.93. The minimum Gasteiger partial charge on any atom is -0.481 e. The fourth-order valence-electron chi connectivity index (χ4n) is 3.85. The highest BCUT2D eigenvalue weighted by molar-refractivity contribution is 5.97. The van der Waals surface area contributed by atoms with Crippen LogP contribution in [0.4, 0.5) is 4.39 Å². The smallest absolute Gasteiger partial charge is 0.308 e. The second kappa shape index (κ2) is 10.2. The molecule has 0 saturated carbocycles. The molecule has 0 fully saturated rings. The number of carboxylic acid groups (broad SMARTS) is 1. The van der Waals surface area contributed by atoms with E-state index in [9.17, 15) is 24.2 Å². The zero-order chi connectivity index (χ0) is 24.1. The first kappa shape index (κ1) is 23.1. The third kappa shape index (κ3) is 5.26. The number of hydrogen-bond donors (Lipinski definition) is 4. The highest BCUT2D eigenvalue weighted by Crippen LogP contribution is 2.21. The van der Waals surface area contributed by atoms with Crippen LogP contribution in [-0.2, 0) is 11.2 Å². The summed E-state index contributed by atoms with van der Waals surface area (Å²) >= 11 is 0. The molecule has 0 aliphatic heterocycles. The van der Waals surface area contributed by atoms with Crippen LogP contribution >= 0.6 is 0 Å². The number of fused-ring (bicyclic) bond motifs is 1. The van der Waals surface area contributed by atoms with Crippen LogP contribution < -0.4 is 5.32 Å². The topological polar surface area (TPSA) is 128 Å². The molecule has 174 valence electrons. The Balaban J connectivity index is 1.54.